The molecule has 0 aromatic heterocycles. The number of ketones is 1. The van der Waals surface area contributed by atoms with E-state index in [-0.39, 0.29) is 24.3 Å². The highest BCUT2D eigenvalue weighted by Gasteiger charge is 2.23. The Kier molecular flexibility index (Phi) is 5.38. The highest BCUT2D eigenvalue weighted by molar-refractivity contribution is 6.35. The molecule has 1 amide bonds. The molecular formula is C10H20N2O2. The standard InChI is InChI=1S/C10H20N2O2/c1-6-9(13)10(14)12(5)8(3)7(2)11-4/h7-8,11H,6H2,1-5H3. The smallest absolute Gasteiger partial charge is 0.289 e. The quantitative estimate of drug-likeness (QED) is 0.654. The second-order valence-electron chi connectivity index (χ2n) is 3.51. The number of hydrogen-bond acceptors (Lipinski definition) is 3. The van der Waals surface area contributed by atoms with Crippen molar-refractivity contribution in [2.75, 3.05) is 14.1 Å². The Balaban J connectivity index is 4.38. The zero-order valence-corrected chi connectivity index (χ0v) is 9.63. The first-order chi connectivity index (χ1) is 6.45. The van der Waals surface area contributed by atoms with Gasteiger partial charge in [0.1, 0.15) is 0 Å². The maximum absolute atomic E-state index is 11.5. The van der Waals surface area contributed by atoms with Crippen molar-refractivity contribution in [3.63, 3.8) is 0 Å². The summed E-state index contributed by atoms with van der Waals surface area (Å²) in [4.78, 5) is 24.1. The average molecular weight is 200 g/mol. The van der Waals surface area contributed by atoms with Gasteiger partial charge in [-0.2, -0.15) is 0 Å². The molecule has 0 rings (SSSR count). The van der Waals surface area contributed by atoms with Crippen LogP contribution >= 0.6 is 0 Å². The van der Waals surface area contributed by atoms with E-state index in [1.165, 1.54) is 4.90 Å². The summed E-state index contributed by atoms with van der Waals surface area (Å²) in [5.74, 6) is -0.732. The number of carbonyl (C=O) groups excluding carboxylic acids is 2. The Morgan fingerprint density at radius 2 is 1.86 bits per heavy atom. The third-order valence-corrected chi connectivity index (χ3v) is 2.67. The largest absolute Gasteiger partial charge is 0.335 e. The van der Waals surface area contributed by atoms with Crippen LogP contribution in [0, 0.1) is 0 Å². The molecule has 0 spiro atoms. The van der Waals surface area contributed by atoms with Gasteiger partial charge in [0.15, 0.2) is 0 Å². The zero-order valence-electron chi connectivity index (χ0n) is 9.63. The van der Waals surface area contributed by atoms with Crippen LogP contribution in [-0.4, -0.2) is 42.8 Å². The first-order valence-corrected chi connectivity index (χ1v) is 4.92. The monoisotopic (exact) mass is 200 g/mol. The summed E-state index contributed by atoms with van der Waals surface area (Å²) < 4.78 is 0. The van der Waals surface area contributed by atoms with Crippen LogP contribution in [0.3, 0.4) is 0 Å². The summed E-state index contributed by atoms with van der Waals surface area (Å²) in [6.07, 6.45) is 0.268. The number of nitrogens with one attached hydrogen (secondary N) is 1. The van der Waals surface area contributed by atoms with Crippen LogP contribution in [-0.2, 0) is 9.59 Å². The van der Waals surface area contributed by atoms with Crippen LogP contribution in [0.15, 0.2) is 0 Å². The van der Waals surface area contributed by atoms with Gasteiger partial charge in [0.2, 0.25) is 5.78 Å². The molecule has 0 saturated carbocycles. The molecular weight excluding hydrogens is 180 g/mol. The van der Waals surface area contributed by atoms with E-state index in [9.17, 15) is 9.59 Å². The molecule has 82 valence electrons. The number of Topliss-reactive ketones (excluding diaryl/α,β-unsaturated/α-hetero) is 1. The van der Waals surface area contributed by atoms with Crippen molar-refractivity contribution in [2.24, 2.45) is 0 Å². The molecule has 2 unspecified atom stereocenters. The van der Waals surface area contributed by atoms with Gasteiger partial charge in [0.05, 0.1) is 0 Å². The number of hydrogen-bond donors (Lipinski definition) is 1. The molecule has 0 bridgehead atoms. The van der Waals surface area contributed by atoms with E-state index in [1.54, 1.807) is 14.0 Å². The van der Waals surface area contributed by atoms with Crippen LogP contribution in [0.5, 0.6) is 0 Å². The summed E-state index contributed by atoms with van der Waals surface area (Å²) in [5, 5.41) is 3.05. The van der Waals surface area contributed by atoms with Gasteiger partial charge in [-0.3, -0.25) is 9.59 Å². The number of nitrogens with zero attached hydrogens (tertiary/aromatic N) is 1. The maximum atomic E-state index is 11.5. The second kappa shape index (κ2) is 5.75. The number of amides is 1. The van der Waals surface area contributed by atoms with Crippen LogP contribution < -0.4 is 5.32 Å². The predicted octanol–water partition coefficient (Wildman–Crippen LogP) is 0.420. The van der Waals surface area contributed by atoms with Gasteiger partial charge in [-0.05, 0) is 20.9 Å². The van der Waals surface area contributed by atoms with Crippen molar-refractivity contribution in [3.05, 3.63) is 0 Å². The Morgan fingerprint density at radius 3 is 2.21 bits per heavy atom. The van der Waals surface area contributed by atoms with Gasteiger partial charge in [-0.15, -0.1) is 0 Å². The van der Waals surface area contributed by atoms with Gasteiger partial charge in [-0.1, -0.05) is 6.92 Å². The van der Waals surface area contributed by atoms with E-state index >= 15 is 0 Å². The van der Waals surface area contributed by atoms with Crippen LogP contribution in [0.25, 0.3) is 0 Å². The molecule has 0 fully saturated rings. The number of likely N-dealkylation sites (N-methyl/N-ethyl adjacent to an activating group) is 2. The number of rotatable bonds is 5. The molecule has 4 heteroatoms. The Bertz CT molecular complexity index is 216. The predicted molar refractivity (Wildman–Crippen MR) is 56.1 cm³/mol. The number of carbonyl (C=O) groups is 2. The average Bonchev–Trinajstić information content (AvgIpc) is 2.23. The summed E-state index contributed by atoms with van der Waals surface area (Å²) >= 11 is 0. The van der Waals surface area contributed by atoms with Crippen molar-refractivity contribution >= 4 is 11.7 Å². The summed E-state index contributed by atoms with van der Waals surface area (Å²) in [6, 6.07) is 0.191. The minimum Gasteiger partial charge on any atom is -0.335 e. The SMILES string of the molecule is CCC(=O)C(=O)N(C)C(C)C(C)NC. The molecule has 0 saturated heterocycles. The van der Waals surface area contributed by atoms with Gasteiger partial charge < -0.3 is 10.2 Å². The Hall–Kier alpha value is -0.900. The third-order valence-electron chi connectivity index (χ3n) is 2.67. The fourth-order valence-electron chi connectivity index (χ4n) is 1.11. The van der Waals surface area contributed by atoms with Crippen molar-refractivity contribution in [3.8, 4) is 0 Å². The van der Waals surface area contributed by atoms with Gasteiger partial charge >= 0.3 is 0 Å². The lowest BCUT2D eigenvalue weighted by Crippen LogP contribution is -2.48. The van der Waals surface area contributed by atoms with E-state index in [4.69, 9.17) is 0 Å². The minimum absolute atomic E-state index is 0.0167. The lowest BCUT2D eigenvalue weighted by Gasteiger charge is -2.29. The molecule has 0 aliphatic carbocycles. The molecule has 0 aromatic rings. The van der Waals surface area contributed by atoms with E-state index in [0.29, 0.717) is 0 Å². The first-order valence-electron chi connectivity index (χ1n) is 4.92. The maximum Gasteiger partial charge on any atom is 0.289 e. The molecule has 0 heterocycles. The van der Waals surface area contributed by atoms with Crippen LogP contribution in [0.4, 0.5) is 0 Å². The fraction of sp³-hybridized carbons (Fsp3) is 0.800. The van der Waals surface area contributed by atoms with Gasteiger partial charge in [-0.25, -0.2) is 0 Å². The molecule has 2 atom stereocenters. The lowest BCUT2D eigenvalue weighted by molar-refractivity contribution is -0.145. The van der Waals surface area contributed by atoms with Crippen molar-refractivity contribution in [1.29, 1.82) is 0 Å². The first kappa shape index (κ1) is 13.1. The van der Waals surface area contributed by atoms with E-state index in [0.717, 1.165) is 0 Å². The topological polar surface area (TPSA) is 49.4 Å². The Morgan fingerprint density at radius 1 is 1.36 bits per heavy atom. The highest BCUT2D eigenvalue weighted by atomic mass is 16.2. The zero-order chi connectivity index (χ0) is 11.3. The molecule has 4 nitrogen and oxygen atoms in total. The molecule has 0 aliphatic heterocycles. The molecule has 14 heavy (non-hydrogen) atoms. The van der Waals surface area contributed by atoms with E-state index in [1.807, 2.05) is 20.9 Å². The molecule has 0 aliphatic rings. The van der Waals surface area contributed by atoms with E-state index < -0.39 is 5.91 Å². The summed E-state index contributed by atoms with van der Waals surface area (Å²) in [6.45, 7) is 5.59. The summed E-state index contributed by atoms with van der Waals surface area (Å²) in [7, 11) is 3.50. The van der Waals surface area contributed by atoms with Crippen molar-refractivity contribution < 1.29 is 9.59 Å². The Labute approximate surface area is 85.7 Å². The minimum atomic E-state index is -0.401. The second-order valence-corrected chi connectivity index (χ2v) is 3.51. The third kappa shape index (κ3) is 3.10. The summed E-state index contributed by atoms with van der Waals surface area (Å²) in [5.41, 5.74) is 0. The van der Waals surface area contributed by atoms with Crippen molar-refractivity contribution in [1.82, 2.24) is 10.2 Å². The van der Waals surface area contributed by atoms with Crippen LogP contribution in [0.2, 0.25) is 0 Å². The normalized spacial score (nSPS) is 14.6. The molecule has 0 radical (unpaired) electrons. The molecule has 0 aromatic carbocycles. The van der Waals surface area contributed by atoms with Gasteiger partial charge in [0.25, 0.3) is 5.91 Å². The van der Waals surface area contributed by atoms with Crippen LogP contribution in [0.1, 0.15) is 27.2 Å². The van der Waals surface area contributed by atoms with Gasteiger partial charge in [0, 0.05) is 25.6 Å². The highest BCUT2D eigenvalue weighted by Crippen LogP contribution is 2.03. The van der Waals surface area contributed by atoms with E-state index in [2.05, 4.69) is 5.32 Å². The lowest BCUT2D eigenvalue weighted by atomic mass is 10.1. The fourth-order valence-corrected chi connectivity index (χ4v) is 1.11. The van der Waals surface area contributed by atoms with Crippen molar-refractivity contribution in [2.45, 2.75) is 39.3 Å². The molecule has 1 N–H and O–H groups in total.